The van der Waals surface area contributed by atoms with E-state index >= 15 is 0 Å². The number of hydrogen-bond acceptors (Lipinski definition) is 3. The fraction of sp³-hybridized carbons (Fsp3) is 0.600. The summed E-state index contributed by atoms with van der Waals surface area (Å²) in [7, 11) is 0. The number of carbonyl (C=O) groups excluding carboxylic acids is 2. The molecule has 3 amide bonds. The summed E-state index contributed by atoms with van der Waals surface area (Å²) in [6.45, 7) is 6.64. The van der Waals surface area contributed by atoms with Crippen LogP contribution in [0.2, 0.25) is 0 Å². The van der Waals surface area contributed by atoms with Crippen molar-refractivity contribution >= 4 is 17.6 Å². The lowest BCUT2D eigenvalue weighted by atomic mass is 9.88. The average molecular weight is 413 g/mol. The number of alkyl halides is 3. The molecule has 1 heterocycles. The Morgan fingerprint density at radius 1 is 1.28 bits per heavy atom. The number of nitrogens with one attached hydrogen (secondary N) is 2. The molecule has 0 unspecified atom stereocenters. The van der Waals surface area contributed by atoms with E-state index in [4.69, 9.17) is 0 Å². The summed E-state index contributed by atoms with van der Waals surface area (Å²) in [6.07, 6.45) is -3.31. The Kier molecular flexibility index (Phi) is 5.95. The van der Waals surface area contributed by atoms with E-state index in [1.54, 1.807) is 0 Å². The molecule has 0 aromatic heterocycles. The van der Waals surface area contributed by atoms with Crippen LogP contribution in [-0.4, -0.2) is 41.8 Å². The van der Waals surface area contributed by atoms with Gasteiger partial charge in [0.15, 0.2) is 0 Å². The average Bonchev–Trinajstić information content (AvgIpc) is 3.06. The van der Waals surface area contributed by atoms with Gasteiger partial charge in [-0.3, -0.25) is 4.79 Å². The summed E-state index contributed by atoms with van der Waals surface area (Å²) in [5.74, 6) is 0.658. The molecule has 3 rings (SSSR count). The fourth-order valence-electron chi connectivity index (χ4n) is 4.69. The van der Waals surface area contributed by atoms with E-state index in [1.807, 2.05) is 18.7 Å². The summed E-state index contributed by atoms with van der Waals surface area (Å²) in [5.41, 5.74) is 0.358. The first kappa shape index (κ1) is 21.3. The van der Waals surface area contributed by atoms with Crippen LogP contribution in [0.4, 0.5) is 23.7 Å². The van der Waals surface area contributed by atoms with Gasteiger partial charge in [-0.25, -0.2) is 4.79 Å². The molecule has 6 nitrogen and oxygen atoms in total. The Balaban J connectivity index is 1.52. The maximum absolute atomic E-state index is 12.3. The Bertz CT molecular complexity index is 752. The van der Waals surface area contributed by atoms with E-state index in [0.717, 1.165) is 18.6 Å². The molecule has 2 fully saturated rings. The van der Waals surface area contributed by atoms with Gasteiger partial charge < -0.3 is 20.3 Å². The Morgan fingerprint density at radius 3 is 2.52 bits per heavy atom. The predicted molar refractivity (Wildman–Crippen MR) is 101 cm³/mol. The highest BCUT2D eigenvalue weighted by Gasteiger charge is 2.51. The molecule has 1 saturated carbocycles. The molecule has 1 saturated heterocycles. The molecule has 1 aromatic rings. The van der Waals surface area contributed by atoms with E-state index in [0.29, 0.717) is 24.6 Å². The van der Waals surface area contributed by atoms with Crippen LogP contribution in [0.1, 0.15) is 33.6 Å². The molecule has 1 aliphatic heterocycles. The largest absolute Gasteiger partial charge is 0.573 e. The number of anilines is 1. The van der Waals surface area contributed by atoms with Crippen LogP contribution < -0.4 is 15.4 Å². The molecule has 1 aromatic carbocycles. The first-order chi connectivity index (χ1) is 13.5. The van der Waals surface area contributed by atoms with Crippen molar-refractivity contribution in [2.45, 2.75) is 52.1 Å². The van der Waals surface area contributed by atoms with Crippen LogP contribution in [0.5, 0.6) is 5.75 Å². The zero-order valence-electron chi connectivity index (χ0n) is 16.6. The maximum atomic E-state index is 12.3. The molecule has 0 bridgehead atoms. The van der Waals surface area contributed by atoms with Gasteiger partial charge in [-0.05, 0) is 62.3 Å². The quantitative estimate of drug-likeness (QED) is 0.767. The van der Waals surface area contributed by atoms with E-state index in [9.17, 15) is 22.8 Å². The summed E-state index contributed by atoms with van der Waals surface area (Å²) < 4.78 is 40.4. The van der Waals surface area contributed by atoms with Gasteiger partial charge in [-0.2, -0.15) is 0 Å². The molecule has 4 atom stereocenters. The number of urea groups is 1. The number of carbonyl (C=O) groups is 2. The molecule has 9 heteroatoms. The van der Waals surface area contributed by atoms with Gasteiger partial charge in [0.05, 0.1) is 0 Å². The minimum atomic E-state index is -4.76. The van der Waals surface area contributed by atoms with Crippen molar-refractivity contribution in [1.29, 1.82) is 0 Å². The standard InChI is InChI=1S/C20H26F3N3O3/c1-11(2)26-17-8-12(3)16(15(17)9-18(26)27)10-24-19(28)25-13-4-6-14(7-5-13)29-20(21,22)23/h4-7,11-12,15-17H,8-10H2,1-3H3,(H2,24,25,28)/t12-,15-,16+,17+/m0/s1. The predicted octanol–water partition coefficient (Wildman–Crippen LogP) is 3.99. The van der Waals surface area contributed by atoms with Gasteiger partial charge in [0.25, 0.3) is 0 Å². The van der Waals surface area contributed by atoms with E-state index in [2.05, 4.69) is 22.3 Å². The van der Waals surface area contributed by atoms with Crippen LogP contribution in [-0.2, 0) is 4.79 Å². The second kappa shape index (κ2) is 8.12. The van der Waals surface area contributed by atoms with Crippen molar-refractivity contribution in [1.82, 2.24) is 10.2 Å². The Morgan fingerprint density at radius 2 is 1.93 bits per heavy atom. The molecule has 160 valence electrons. The summed E-state index contributed by atoms with van der Waals surface area (Å²) in [6, 6.07) is 4.91. The normalized spacial score (nSPS) is 26.6. The summed E-state index contributed by atoms with van der Waals surface area (Å²) >= 11 is 0. The highest BCUT2D eigenvalue weighted by molar-refractivity contribution is 5.89. The first-order valence-corrected chi connectivity index (χ1v) is 9.77. The number of amides is 3. The summed E-state index contributed by atoms with van der Waals surface area (Å²) in [4.78, 5) is 26.5. The maximum Gasteiger partial charge on any atom is 0.573 e. The number of nitrogens with zero attached hydrogens (tertiary/aromatic N) is 1. The number of rotatable bonds is 5. The molecule has 2 N–H and O–H groups in total. The van der Waals surface area contributed by atoms with Gasteiger partial charge >= 0.3 is 12.4 Å². The Labute approximate surface area is 167 Å². The second-order valence-electron chi connectivity index (χ2n) is 8.11. The zero-order chi connectivity index (χ0) is 21.3. The second-order valence-corrected chi connectivity index (χ2v) is 8.11. The third-order valence-electron chi connectivity index (χ3n) is 5.84. The van der Waals surface area contributed by atoms with E-state index in [1.165, 1.54) is 12.1 Å². The topological polar surface area (TPSA) is 70.7 Å². The van der Waals surface area contributed by atoms with Gasteiger partial charge in [-0.15, -0.1) is 13.2 Å². The number of benzene rings is 1. The van der Waals surface area contributed by atoms with Crippen molar-refractivity contribution in [2.24, 2.45) is 17.8 Å². The van der Waals surface area contributed by atoms with Gasteiger partial charge in [0.1, 0.15) is 5.75 Å². The minimum Gasteiger partial charge on any atom is -0.406 e. The number of likely N-dealkylation sites (tertiary alicyclic amines) is 1. The van der Waals surface area contributed by atoms with Crippen molar-refractivity contribution in [3.05, 3.63) is 24.3 Å². The molecule has 0 radical (unpaired) electrons. The highest BCUT2D eigenvalue weighted by Crippen LogP contribution is 2.46. The van der Waals surface area contributed by atoms with E-state index in [-0.39, 0.29) is 35.6 Å². The van der Waals surface area contributed by atoms with Crippen molar-refractivity contribution in [3.63, 3.8) is 0 Å². The van der Waals surface area contributed by atoms with Crippen LogP contribution >= 0.6 is 0 Å². The Hall–Kier alpha value is -2.45. The number of ether oxygens (including phenoxy) is 1. The smallest absolute Gasteiger partial charge is 0.406 e. The fourth-order valence-corrected chi connectivity index (χ4v) is 4.69. The number of hydrogen-bond donors (Lipinski definition) is 2. The SMILES string of the molecule is CC(C)N1C(=O)C[C@H]2[C@H](CNC(=O)Nc3ccc(OC(F)(F)F)cc3)[C@@H](C)C[C@H]21. The van der Waals surface area contributed by atoms with Gasteiger partial charge in [0, 0.05) is 30.7 Å². The molecule has 1 aliphatic carbocycles. The monoisotopic (exact) mass is 413 g/mol. The number of fused-ring (bicyclic) bond motifs is 1. The third-order valence-corrected chi connectivity index (χ3v) is 5.84. The van der Waals surface area contributed by atoms with E-state index < -0.39 is 12.4 Å². The molecular weight excluding hydrogens is 387 g/mol. The van der Waals surface area contributed by atoms with Crippen molar-refractivity contribution < 1.29 is 27.5 Å². The lowest BCUT2D eigenvalue weighted by Crippen LogP contribution is -2.39. The van der Waals surface area contributed by atoms with Crippen molar-refractivity contribution in [2.75, 3.05) is 11.9 Å². The van der Waals surface area contributed by atoms with Crippen LogP contribution in [0.15, 0.2) is 24.3 Å². The number of halogens is 3. The summed E-state index contributed by atoms with van der Waals surface area (Å²) in [5, 5.41) is 5.44. The van der Waals surface area contributed by atoms with Crippen LogP contribution in [0.25, 0.3) is 0 Å². The van der Waals surface area contributed by atoms with Crippen LogP contribution in [0.3, 0.4) is 0 Å². The highest BCUT2D eigenvalue weighted by atomic mass is 19.4. The minimum absolute atomic E-state index is 0.170. The first-order valence-electron chi connectivity index (χ1n) is 9.77. The molecule has 29 heavy (non-hydrogen) atoms. The molecular formula is C20H26F3N3O3. The van der Waals surface area contributed by atoms with Crippen LogP contribution in [0, 0.1) is 17.8 Å². The van der Waals surface area contributed by atoms with Crippen molar-refractivity contribution in [3.8, 4) is 5.75 Å². The zero-order valence-corrected chi connectivity index (χ0v) is 16.6. The third kappa shape index (κ3) is 4.94. The van der Waals surface area contributed by atoms with Gasteiger partial charge in [-0.1, -0.05) is 6.92 Å². The lowest BCUT2D eigenvalue weighted by molar-refractivity contribution is -0.274. The molecule has 0 spiro atoms. The van der Waals surface area contributed by atoms with Gasteiger partial charge in [0.2, 0.25) is 5.91 Å². The lowest BCUT2D eigenvalue weighted by Gasteiger charge is -2.28. The molecule has 2 aliphatic rings.